The second-order valence-electron chi connectivity index (χ2n) is 5.59. The zero-order valence-electron chi connectivity index (χ0n) is 11.3. The van der Waals surface area contributed by atoms with Gasteiger partial charge in [-0.2, -0.15) is 0 Å². The Morgan fingerprint density at radius 1 is 1.38 bits per heavy atom. The molecular formula is C12H24O3Si. The van der Waals surface area contributed by atoms with E-state index in [0.29, 0.717) is 18.6 Å². The fourth-order valence-electron chi connectivity index (χ4n) is 0.893. The molecule has 0 saturated heterocycles. The van der Waals surface area contributed by atoms with Crippen LogP contribution >= 0.6 is 0 Å². The lowest BCUT2D eigenvalue weighted by Gasteiger charge is -2.36. The highest BCUT2D eigenvalue weighted by molar-refractivity contribution is 6.74. The first kappa shape index (κ1) is 15.4. The maximum atomic E-state index is 10.5. The van der Waals surface area contributed by atoms with Crippen LogP contribution in [0.25, 0.3) is 0 Å². The molecule has 0 heterocycles. The summed E-state index contributed by atoms with van der Waals surface area (Å²) in [6.07, 6.45) is 2.39. The van der Waals surface area contributed by atoms with E-state index in [2.05, 4.69) is 33.9 Å². The largest absolute Gasteiger partial charge is 0.478 e. The van der Waals surface area contributed by atoms with Crippen molar-refractivity contribution >= 4 is 14.3 Å². The summed E-state index contributed by atoms with van der Waals surface area (Å²) in [7, 11) is -1.68. The van der Waals surface area contributed by atoms with Gasteiger partial charge in [-0.1, -0.05) is 26.8 Å². The molecule has 0 aromatic carbocycles. The van der Waals surface area contributed by atoms with Gasteiger partial charge >= 0.3 is 5.97 Å². The SMILES string of the molecule is C/C(=C/CCO[Si](C)(C)C(C)(C)C)C(=O)O. The molecule has 3 nitrogen and oxygen atoms in total. The molecule has 4 heteroatoms. The fraction of sp³-hybridized carbons (Fsp3) is 0.750. The van der Waals surface area contributed by atoms with Crippen LogP contribution in [-0.2, 0) is 9.22 Å². The van der Waals surface area contributed by atoms with E-state index < -0.39 is 14.3 Å². The van der Waals surface area contributed by atoms with E-state index in [1.54, 1.807) is 13.0 Å². The van der Waals surface area contributed by atoms with Gasteiger partial charge in [-0.25, -0.2) is 4.79 Å². The molecule has 16 heavy (non-hydrogen) atoms. The summed E-state index contributed by atoms with van der Waals surface area (Å²) in [5.41, 5.74) is 0.388. The smallest absolute Gasteiger partial charge is 0.330 e. The Balaban J connectivity index is 4.10. The van der Waals surface area contributed by atoms with Gasteiger partial charge in [0.05, 0.1) is 0 Å². The molecule has 0 atom stereocenters. The Bertz CT molecular complexity index is 274. The summed E-state index contributed by atoms with van der Waals surface area (Å²) < 4.78 is 5.93. The van der Waals surface area contributed by atoms with Crippen molar-refractivity contribution in [1.29, 1.82) is 0 Å². The average molecular weight is 244 g/mol. The third kappa shape index (κ3) is 4.94. The van der Waals surface area contributed by atoms with E-state index in [1.165, 1.54) is 0 Å². The summed E-state index contributed by atoms with van der Waals surface area (Å²) in [4.78, 5) is 10.5. The molecule has 0 radical (unpaired) electrons. The molecule has 0 aliphatic rings. The molecule has 0 aromatic rings. The van der Waals surface area contributed by atoms with E-state index in [9.17, 15) is 4.79 Å². The standard InChI is InChI=1S/C12H24O3Si/c1-10(11(13)14)8-7-9-15-16(5,6)12(2,3)4/h8H,7,9H2,1-6H3,(H,13,14)/b10-8-. The van der Waals surface area contributed by atoms with Crippen molar-refractivity contribution in [2.75, 3.05) is 6.61 Å². The molecule has 0 rings (SSSR count). The van der Waals surface area contributed by atoms with Crippen molar-refractivity contribution in [3.05, 3.63) is 11.6 Å². The fourth-order valence-corrected chi connectivity index (χ4v) is 1.95. The van der Waals surface area contributed by atoms with Crippen LogP contribution in [0.5, 0.6) is 0 Å². The highest BCUT2D eigenvalue weighted by atomic mass is 28.4. The number of aliphatic carboxylic acids is 1. The van der Waals surface area contributed by atoms with Gasteiger partial charge in [-0.15, -0.1) is 0 Å². The Morgan fingerprint density at radius 2 is 1.88 bits per heavy atom. The minimum atomic E-state index is -1.68. The summed E-state index contributed by atoms with van der Waals surface area (Å²) >= 11 is 0. The summed E-state index contributed by atoms with van der Waals surface area (Å²) in [5.74, 6) is -0.854. The molecule has 94 valence electrons. The predicted octanol–water partition coefficient (Wildman–Crippen LogP) is 3.43. The van der Waals surface area contributed by atoms with Gasteiger partial charge in [0.2, 0.25) is 0 Å². The zero-order valence-corrected chi connectivity index (χ0v) is 12.3. The van der Waals surface area contributed by atoms with Gasteiger partial charge < -0.3 is 9.53 Å². The van der Waals surface area contributed by atoms with Crippen LogP contribution in [0.4, 0.5) is 0 Å². The van der Waals surface area contributed by atoms with Gasteiger partial charge in [0.1, 0.15) is 0 Å². The average Bonchev–Trinajstić information content (AvgIpc) is 2.09. The van der Waals surface area contributed by atoms with Gasteiger partial charge in [-0.3, -0.25) is 0 Å². The highest BCUT2D eigenvalue weighted by Crippen LogP contribution is 2.36. The van der Waals surface area contributed by atoms with Crippen molar-refractivity contribution < 1.29 is 14.3 Å². The third-order valence-corrected chi connectivity index (χ3v) is 7.71. The lowest BCUT2D eigenvalue weighted by molar-refractivity contribution is -0.132. The number of hydrogen-bond acceptors (Lipinski definition) is 2. The molecule has 0 unspecified atom stereocenters. The topological polar surface area (TPSA) is 46.5 Å². The predicted molar refractivity (Wildman–Crippen MR) is 69.2 cm³/mol. The maximum Gasteiger partial charge on any atom is 0.330 e. The van der Waals surface area contributed by atoms with Gasteiger partial charge in [0.15, 0.2) is 8.32 Å². The number of carboxylic acid groups (broad SMARTS) is 1. The van der Waals surface area contributed by atoms with Crippen molar-refractivity contribution in [3.8, 4) is 0 Å². The minimum absolute atomic E-state index is 0.207. The van der Waals surface area contributed by atoms with Crippen molar-refractivity contribution in [2.45, 2.75) is 52.2 Å². The summed E-state index contributed by atoms with van der Waals surface area (Å²) in [6, 6.07) is 0. The van der Waals surface area contributed by atoms with E-state index in [4.69, 9.17) is 9.53 Å². The Morgan fingerprint density at radius 3 is 2.25 bits per heavy atom. The van der Waals surface area contributed by atoms with Crippen LogP contribution in [-0.4, -0.2) is 26.0 Å². The van der Waals surface area contributed by atoms with E-state index in [1.807, 2.05) is 0 Å². The van der Waals surface area contributed by atoms with Gasteiger partial charge in [-0.05, 0) is 31.5 Å². The van der Waals surface area contributed by atoms with Crippen LogP contribution in [0.1, 0.15) is 34.1 Å². The molecule has 0 bridgehead atoms. The van der Waals surface area contributed by atoms with Gasteiger partial charge in [0.25, 0.3) is 0 Å². The van der Waals surface area contributed by atoms with Crippen LogP contribution in [0.3, 0.4) is 0 Å². The number of rotatable bonds is 5. The molecular weight excluding hydrogens is 220 g/mol. The first-order chi connectivity index (χ1) is 7.08. The van der Waals surface area contributed by atoms with Crippen molar-refractivity contribution in [3.63, 3.8) is 0 Å². The van der Waals surface area contributed by atoms with Crippen molar-refractivity contribution in [2.24, 2.45) is 0 Å². The molecule has 0 fully saturated rings. The van der Waals surface area contributed by atoms with E-state index in [-0.39, 0.29) is 5.04 Å². The second kappa shape index (κ2) is 5.64. The number of carboxylic acids is 1. The third-order valence-electron chi connectivity index (χ3n) is 3.17. The van der Waals surface area contributed by atoms with Crippen LogP contribution in [0.2, 0.25) is 18.1 Å². The van der Waals surface area contributed by atoms with Crippen molar-refractivity contribution in [1.82, 2.24) is 0 Å². The molecule has 0 aliphatic carbocycles. The van der Waals surface area contributed by atoms with Crippen LogP contribution in [0.15, 0.2) is 11.6 Å². The quantitative estimate of drug-likeness (QED) is 0.458. The monoisotopic (exact) mass is 244 g/mol. The molecule has 0 aliphatic heterocycles. The summed E-state index contributed by atoms with van der Waals surface area (Å²) in [6.45, 7) is 13.2. The van der Waals surface area contributed by atoms with E-state index in [0.717, 1.165) is 0 Å². The molecule has 0 spiro atoms. The first-order valence-electron chi connectivity index (χ1n) is 5.62. The molecule has 0 amide bonds. The normalized spacial score (nSPS) is 14.0. The Labute approximate surface area is 99.6 Å². The maximum absolute atomic E-state index is 10.5. The molecule has 0 saturated carbocycles. The van der Waals surface area contributed by atoms with Crippen LogP contribution in [0, 0.1) is 0 Å². The number of hydrogen-bond donors (Lipinski definition) is 1. The van der Waals surface area contributed by atoms with Crippen LogP contribution < -0.4 is 0 Å². The number of carbonyl (C=O) groups is 1. The molecule has 1 N–H and O–H groups in total. The van der Waals surface area contributed by atoms with E-state index >= 15 is 0 Å². The minimum Gasteiger partial charge on any atom is -0.478 e. The summed E-state index contributed by atoms with van der Waals surface area (Å²) in [5, 5.41) is 8.88. The lowest BCUT2D eigenvalue weighted by Crippen LogP contribution is -2.40. The Kier molecular flexibility index (Phi) is 5.42. The highest BCUT2D eigenvalue weighted by Gasteiger charge is 2.36. The molecule has 0 aromatic heterocycles. The first-order valence-corrected chi connectivity index (χ1v) is 8.53. The lowest BCUT2D eigenvalue weighted by atomic mass is 10.2. The zero-order chi connectivity index (χ0) is 13.0. The second-order valence-corrected chi connectivity index (χ2v) is 10.4. The van der Waals surface area contributed by atoms with Gasteiger partial charge in [0, 0.05) is 12.2 Å². The Hall–Kier alpha value is -0.613.